The van der Waals surface area contributed by atoms with Crippen LogP contribution in [0.25, 0.3) is 0 Å². The monoisotopic (exact) mass is 291 g/mol. The van der Waals surface area contributed by atoms with E-state index in [1.165, 1.54) is 19.1 Å². The second kappa shape index (κ2) is 5.17. The third-order valence-corrected chi connectivity index (χ3v) is 4.94. The highest BCUT2D eigenvalue weighted by atomic mass is 35.5. The summed E-state index contributed by atoms with van der Waals surface area (Å²) in [5, 5.41) is 10.0. The van der Waals surface area contributed by atoms with Gasteiger partial charge in [0.1, 0.15) is 0 Å². The molecule has 0 amide bonds. The van der Waals surface area contributed by atoms with Crippen molar-refractivity contribution < 1.29 is 13.5 Å². The lowest BCUT2D eigenvalue weighted by Crippen LogP contribution is -2.50. The second-order valence-corrected chi connectivity index (χ2v) is 7.00. The molecule has 18 heavy (non-hydrogen) atoms. The maximum Gasteiger partial charge on any atom is 0.241 e. The first kappa shape index (κ1) is 15.4. The minimum atomic E-state index is -3.68. The summed E-state index contributed by atoms with van der Waals surface area (Å²) in [6.45, 7) is 6.47. The molecule has 0 saturated heterocycles. The van der Waals surface area contributed by atoms with E-state index in [9.17, 15) is 13.5 Å². The number of aryl methyl sites for hydroxylation is 1. The van der Waals surface area contributed by atoms with Crippen LogP contribution in [0.15, 0.2) is 23.1 Å². The fourth-order valence-corrected chi connectivity index (χ4v) is 3.33. The van der Waals surface area contributed by atoms with E-state index in [2.05, 4.69) is 4.72 Å². The van der Waals surface area contributed by atoms with Gasteiger partial charge in [0, 0.05) is 5.02 Å². The first-order valence-corrected chi connectivity index (χ1v) is 7.40. The first-order chi connectivity index (χ1) is 8.06. The Balaban J connectivity index is 3.15. The van der Waals surface area contributed by atoms with Crippen LogP contribution in [-0.2, 0) is 10.0 Å². The Morgan fingerprint density at radius 1 is 1.39 bits per heavy atom. The molecule has 1 aromatic rings. The summed E-state index contributed by atoms with van der Waals surface area (Å²) >= 11 is 5.80. The molecule has 0 radical (unpaired) electrons. The highest BCUT2D eigenvalue weighted by molar-refractivity contribution is 7.89. The van der Waals surface area contributed by atoms with Crippen LogP contribution in [0.4, 0.5) is 0 Å². The molecule has 6 heteroatoms. The van der Waals surface area contributed by atoms with Gasteiger partial charge in [-0.25, -0.2) is 13.1 Å². The van der Waals surface area contributed by atoms with Crippen molar-refractivity contribution in [1.29, 1.82) is 0 Å². The van der Waals surface area contributed by atoms with Gasteiger partial charge in [-0.1, -0.05) is 11.6 Å². The highest BCUT2D eigenvalue weighted by Gasteiger charge is 2.31. The molecule has 1 aromatic carbocycles. The maximum atomic E-state index is 12.2. The standard InChI is InChI=1S/C12H18ClNO3S/c1-8-7-10(13)5-6-11(8)18(16,17)14-12(3,4)9(2)15/h5-7,9,14-15H,1-4H3. The van der Waals surface area contributed by atoms with Crippen LogP contribution in [0.5, 0.6) is 0 Å². The van der Waals surface area contributed by atoms with Gasteiger partial charge in [-0.2, -0.15) is 0 Å². The zero-order valence-electron chi connectivity index (χ0n) is 10.9. The van der Waals surface area contributed by atoms with Gasteiger partial charge >= 0.3 is 0 Å². The Bertz CT molecular complexity index is 538. The quantitative estimate of drug-likeness (QED) is 0.893. The molecule has 0 saturated carbocycles. The minimum absolute atomic E-state index is 0.167. The van der Waals surface area contributed by atoms with E-state index in [0.717, 1.165) is 0 Å². The molecule has 0 fully saturated rings. The van der Waals surface area contributed by atoms with Crippen molar-refractivity contribution in [1.82, 2.24) is 4.72 Å². The van der Waals surface area contributed by atoms with Crippen LogP contribution < -0.4 is 4.72 Å². The SMILES string of the molecule is Cc1cc(Cl)ccc1S(=O)(=O)NC(C)(C)C(C)O. The predicted molar refractivity (Wildman–Crippen MR) is 72.3 cm³/mol. The summed E-state index contributed by atoms with van der Waals surface area (Å²) in [5.74, 6) is 0. The zero-order chi connectivity index (χ0) is 14.1. The van der Waals surface area contributed by atoms with Crippen molar-refractivity contribution in [3.63, 3.8) is 0 Å². The number of aliphatic hydroxyl groups excluding tert-OH is 1. The Hall–Kier alpha value is -0.620. The van der Waals surface area contributed by atoms with Crippen LogP contribution in [0.3, 0.4) is 0 Å². The molecule has 2 N–H and O–H groups in total. The van der Waals surface area contributed by atoms with Gasteiger partial charge in [-0.3, -0.25) is 0 Å². The van der Waals surface area contributed by atoms with Gasteiger partial charge in [0.2, 0.25) is 10.0 Å². The van der Waals surface area contributed by atoms with Crippen molar-refractivity contribution in [2.45, 2.75) is 44.2 Å². The average molecular weight is 292 g/mol. The zero-order valence-corrected chi connectivity index (χ0v) is 12.4. The summed E-state index contributed by atoms with van der Waals surface area (Å²) in [6, 6.07) is 4.57. The molecular weight excluding hydrogens is 274 g/mol. The number of hydrogen-bond acceptors (Lipinski definition) is 3. The maximum absolute atomic E-state index is 12.2. The molecule has 1 atom stereocenters. The minimum Gasteiger partial charge on any atom is -0.391 e. The van der Waals surface area contributed by atoms with E-state index in [0.29, 0.717) is 10.6 Å². The van der Waals surface area contributed by atoms with Crippen molar-refractivity contribution in [2.75, 3.05) is 0 Å². The van der Waals surface area contributed by atoms with Crippen LogP contribution in [-0.4, -0.2) is 25.2 Å². The lowest BCUT2D eigenvalue weighted by Gasteiger charge is -2.29. The van der Waals surface area contributed by atoms with Gasteiger partial charge in [-0.05, 0) is 51.5 Å². The van der Waals surface area contributed by atoms with Crippen LogP contribution in [0.1, 0.15) is 26.3 Å². The molecule has 0 aliphatic rings. The smallest absolute Gasteiger partial charge is 0.241 e. The third kappa shape index (κ3) is 3.45. The van der Waals surface area contributed by atoms with Gasteiger partial charge in [0.05, 0.1) is 16.5 Å². The number of hydrogen-bond donors (Lipinski definition) is 2. The van der Waals surface area contributed by atoms with Crippen molar-refractivity contribution in [3.05, 3.63) is 28.8 Å². The van der Waals surface area contributed by atoms with Crippen LogP contribution in [0.2, 0.25) is 5.02 Å². The van der Waals surface area contributed by atoms with Crippen LogP contribution >= 0.6 is 11.6 Å². The van der Waals surface area contributed by atoms with Gasteiger partial charge in [0.25, 0.3) is 0 Å². The fourth-order valence-electron chi connectivity index (χ4n) is 1.40. The first-order valence-electron chi connectivity index (χ1n) is 5.54. The van der Waals surface area contributed by atoms with E-state index < -0.39 is 21.7 Å². The summed E-state index contributed by atoms with van der Waals surface area (Å²) in [7, 11) is -3.68. The Morgan fingerprint density at radius 2 is 1.94 bits per heavy atom. The molecule has 0 aromatic heterocycles. The summed E-state index contributed by atoms with van der Waals surface area (Å²) in [4.78, 5) is 0.167. The Labute approximate surface area is 113 Å². The highest BCUT2D eigenvalue weighted by Crippen LogP contribution is 2.21. The normalized spacial score (nSPS) is 14.6. The molecule has 0 aliphatic carbocycles. The molecule has 0 heterocycles. The van der Waals surface area contributed by atoms with E-state index in [1.807, 2.05) is 0 Å². The van der Waals surface area contributed by atoms with Crippen molar-refractivity contribution in [2.24, 2.45) is 0 Å². The molecule has 1 unspecified atom stereocenters. The third-order valence-electron chi connectivity index (χ3n) is 2.87. The number of sulfonamides is 1. The number of benzene rings is 1. The number of aliphatic hydroxyl groups is 1. The van der Waals surface area contributed by atoms with Crippen molar-refractivity contribution in [3.8, 4) is 0 Å². The second-order valence-electron chi connectivity index (χ2n) is 4.91. The molecule has 1 rings (SSSR count). The molecule has 0 aliphatic heterocycles. The Kier molecular flexibility index (Phi) is 4.43. The van der Waals surface area contributed by atoms with Crippen molar-refractivity contribution >= 4 is 21.6 Å². The summed E-state index contributed by atoms with van der Waals surface area (Å²) < 4.78 is 26.9. The molecule has 102 valence electrons. The van der Waals surface area contributed by atoms with Gasteiger partial charge in [-0.15, -0.1) is 0 Å². The lowest BCUT2D eigenvalue weighted by atomic mass is 10.0. The van der Waals surface area contributed by atoms with E-state index in [-0.39, 0.29) is 4.90 Å². The van der Waals surface area contributed by atoms with Gasteiger partial charge in [0.15, 0.2) is 0 Å². The predicted octanol–water partition coefficient (Wildman–Crippen LogP) is 2.09. The number of nitrogens with one attached hydrogen (secondary N) is 1. The molecular formula is C12H18ClNO3S. The number of halogens is 1. The lowest BCUT2D eigenvalue weighted by molar-refractivity contribution is 0.111. The van der Waals surface area contributed by atoms with E-state index >= 15 is 0 Å². The Morgan fingerprint density at radius 3 is 2.39 bits per heavy atom. The largest absolute Gasteiger partial charge is 0.391 e. The molecule has 0 spiro atoms. The fraction of sp³-hybridized carbons (Fsp3) is 0.500. The molecule has 0 bridgehead atoms. The topological polar surface area (TPSA) is 66.4 Å². The summed E-state index contributed by atoms with van der Waals surface area (Å²) in [5.41, 5.74) is -0.373. The average Bonchev–Trinajstić information content (AvgIpc) is 2.14. The number of rotatable bonds is 4. The van der Waals surface area contributed by atoms with E-state index in [1.54, 1.807) is 26.8 Å². The molecule has 4 nitrogen and oxygen atoms in total. The van der Waals surface area contributed by atoms with E-state index in [4.69, 9.17) is 11.6 Å². The van der Waals surface area contributed by atoms with Gasteiger partial charge < -0.3 is 5.11 Å². The van der Waals surface area contributed by atoms with Crippen LogP contribution in [0, 0.1) is 6.92 Å². The summed E-state index contributed by atoms with van der Waals surface area (Å²) in [6.07, 6.45) is -0.806.